The van der Waals surface area contributed by atoms with Gasteiger partial charge in [-0.25, -0.2) is 0 Å². The molecule has 0 spiro atoms. The van der Waals surface area contributed by atoms with E-state index in [-0.39, 0.29) is 12.3 Å². The summed E-state index contributed by atoms with van der Waals surface area (Å²) in [7, 11) is -3.52. The standard InChI is InChI=1S/C2H8N2O3S/c3-1-2-8(5,6)7-4/h1-4H2. The molecule has 8 heavy (non-hydrogen) atoms. The van der Waals surface area contributed by atoms with Gasteiger partial charge in [-0.3, -0.25) is 0 Å². The summed E-state index contributed by atoms with van der Waals surface area (Å²) in [5.41, 5.74) is 4.88. The molecule has 0 unspecified atom stereocenters. The first kappa shape index (κ1) is 7.83. The van der Waals surface area contributed by atoms with Crippen LogP contribution < -0.4 is 11.6 Å². The lowest BCUT2D eigenvalue weighted by Crippen LogP contribution is -2.20. The van der Waals surface area contributed by atoms with Crippen LogP contribution in [-0.4, -0.2) is 20.7 Å². The van der Waals surface area contributed by atoms with Crippen LogP contribution in [0.3, 0.4) is 0 Å². The molecule has 0 heterocycles. The van der Waals surface area contributed by atoms with Crippen molar-refractivity contribution in [1.29, 1.82) is 0 Å². The van der Waals surface area contributed by atoms with Gasteiger partial charge in [0.1, 0.15) is 0 Å². The molecule has 0 bridgehead atoms. The van der Waals surface area contributed by atoms with Crippen molar-refractivity contribution in [3.63, 3.8) is 0 Å². The van der Waals surface area contributed by atoms with E-state index >= 15 is 0 Å². The van der Waals surface area contributed by atoms with Crippen molar-refractivity contribution in [2.75, 3.05) is 12.3 Å². The van der Waals surface area contributed by atoms with Gasteiger partial charge in [0.05, 0.1) is 5.75 Å². The minimum atomic E-state index is -3.52. The molecule has 0 aliphatic heterocycles. The Labute approximate surface area is 47.7 Å². The van der Waals surface area contributed by atoms with Crippen molar-refractivity contribution in [3.8, 4) is 0 Å². The second-order valence-corrected chi connectivity index (χ2v) is 2.86. The molecule has 0 aromatic carbocycles. The Bertz CT molecular complexity index is 139. The molecule has 0 atom stereocenters. The zero-order chi connectivity index (χ0) is 6.62. The molecule has 0 fully saturated rings. The Morgan fingerprint density at radius 1 is 1.50 bits per heavy atom. The molecule has 0 aromatic heterocycles. The topological polar surface area (TPSA) is 95.4 Å². The predicted octanol–water partition coefficient (Wildman–Crippen LogP) is -1.83. The van der Waals surface area contributed by atoms with Crippen LogP contribution in [0.25, 0.3) is 0 Å². The summed E-state index contributed by atoms with van der Waals surface area (Å²) in [4.78, 5) is 0. The van der Waals surface area contributed by atoms with Crippen LogP contribution in [-0.2, 0) is 14.4 Å². The SMILES string of the molecule is NCCS(=O)(=O)ON. The first-order valence-corrected chi connectivity index (χ1v) is 3.51. The molecule has 0 saturated carbocycles. The summed E-state index contributed by atoms with van der Waals surface area (Å²) in [5.74, 6) is 4.12. The van der Waals surface area contributed by atoms with Gasteiger partial charge in [0.2, 0.25) is 0 Å². The molecule has 0 saturated heterocycles. The summed E-state index contributed by atoms with van der Waals surface area (Å²) >= 11 is 0. The van der Waals surface area contributed by atoms with Crippen molar-refractivity contribution in [2.24, 2.45) is 11.6 Å². The van der Waals surface area contributed by atoms with Crippen LogP contribution in [0, 0.1) is 0 Å². The largest absolute Gasteiger partial charge is 0.329 e. The lowest BCUT2D eigenvalue weighted by Gasteiger charge is -1.93. The lowest BCUT2D eigenvalue weighted by molar-refractivity contribution is 0.333. The number of hydrogen-bond acceptors (Lipinski definition) is 5. The number of hydrogen-bond donors (Lipinski definition) is 2. The maximum atomic E-state index is 10.2. The van der Waals surface area contributed by atoms with E-state index in [2.05, 4.69) is 10.2 Å². The zero-order valence-electron chi connectivity index (χ0n) is 4.20. The molecule has 6 heteroatoms. The number of nitrogens with two attached hydrogens (primary N) is 2. The van der Waals surface area contributed by atoms with Gasteiger partial charge in [-0.2, -0.15) is 18.6 Å². The maximum Gasteiger partial charge on any atom is 0.284 e. The van der Waals surface area contributed by atoms with Crippen molar-refractivity contribution < 1.29 is 12.7 Å². The van der Waals surface area contributed by atoms with Gasteiger partial charge < -0.3 is 5.73 Å². The van der Waals surface area contributed by atoms with Gasteiger partial charge in [-0.05, 0) is 0 Å². The van der Waals surface area contributed by atoms with E-state index in [1.807, 2.05) is 0 Å². The molecule has 5 nitrogen and oxygen atoms in total. The highest BCUT2D eigenvalue weighted by Gasteiger charge is 2.05. The molecule has 0 amide bonds. The smallest absolute Gasteiger partial charge is 0.284 e. The number of rotatable bonds is 3. The van der Waals surface area contributed by atoms with Crippen LogP contribution in [0.4, 0.5) is 0 Å². The van der Waals surface area contributed by atoms with E-state index in [4.69, 9.17) is 5.73 Å². The Morgan fingerprint density at radius 3 is 2.12 bits per heavy atom. The highest BCUT2D eigenvalue weighted by Crippen LogP contribution is 1.82. The molecule has 50 valence electrons. The first-order valence-electron chi connectivity index (χ1n) is 1.93. The maximum absolute atomic E-state index is 10.2. The second kappa shape index (κ2) is 2.98. The average Bonchev–Trinajstić information content (AvgIpc) is 1.67. The van der Waals surface area contributed by atoms with E-state index in [0.717, 1.165) is 0 Å². The van der Waals surface area contributed by atoms with E-state index in [1.165, 1.54) is 0 Å². The summed E-state index contributed by atoms with van der Waals surface area (Å²) in [5, 5.41) is 0. The molecule has 0 aromatic rings. The fourth-order valence-corrected chi connectivity index (χ4v) is 0.577. The summed E-state index contributed by atoms with van der Waals surface area (Å²) in [6.45, 7) is 0.0273. The normalized spacial score (nSPS) is 11.8. The van der Waals surface area contributed by atoms with Gasteiger partial charge in [0.25, 0.3) is 10.1 Å². The van der Waals surface area contributed by atoms with Crippen LogP contribution in [0.2, 0.25) is 0 Å². The third-order valence-electron chi connectivity index (χ3n) is 0.514. The van der Waals surface area contributed by atoms with Crippen LogP contribution in [0.15, 0.2) is 0 Å². The molecule has 4 N–H and O–H groups in total. The summed E-state index contributed by atoms with van der Waals surface area (Å²) in [6, 6.07) is 0. The van der Waals surface area contributed by atoms with Gasteiger partial charge in [0, 0.05) is 6.54 Å². The fourth-order valence-electron chi connectivity index (χ4n) is 0.192. The molecular formula is C2H8N2O3S. The summed E-state index contributed by atoms with van der Waals surface area (Å²) < 4.78 is 23.9. The minimum Gasteiger partial charge on any atom is -0.329 e. The van der Waals surface area contributed by atoms with Gasteiger partial charge in [-0.1, -0.05) is 0 Å². The first-order chi connectivity index (χ1) is 3.62. The van der Waals surface area contributed by atoms with E-state index in [9.17, 15) is 8.42 Å². The van der Waals surface area contributed by atoms with Crippen LogP contribution in [0.1, 0.15) is 0 Å². The molecule has 0 aliphatic carbocycles. The van der Waals surface area contributed by atoms with E-state index < -0.39 is 10.1 Å². The fraction of sp³-hybridized carbons (Fsp3) is 1.00. The minimum absolute atomic E-state index is 0.0273. The Morgan fingerprint density at radius 2 is 2.00 bits per heavy atom. The van der Waals surface area contributed by atoms with Gasteiger partial charge >= 0.3 is 0 Å². The van der Waals surface area contributed by atoms with Gasteiger partial charge in [-0.15, -0.1) is 0 Å². The van der Waals surface area contributed by atoms with Gasteiger partial charge in [0.15, 0.2) is 0 Å². The van der Waals surface area contributed by atoms with E-state index in [1.54, 1.807) is 0 Å². The van der Waals surface area contributed by atoms with Crippen molar-refractivity contribution in [3.05, 3.63) is 0 Å². The molecule has 0 rings (SSSR count). The Kier molecular flexibility index (Phi) is 2.91. The second-order valence-electron chi connectivity index (χ2n) is 1.15. The predicted molar refractivity (Wildman–Crippen MR) is 28.1 cm³/mol. The quantitative estimate of drug-likeness (QED) is 0.449. The monoisotopic (exact) mass is 140 g/mol. The van der Waals surface area contributed by atoms with Crippen molar-refractivity contribution >= 4 is 10.1 Å². The Balaban J connectivity index is 3.76. The highest BCUT2D eigenvalue weighted by atomic mass is 32.2. The summed E-state index contributed by atoms with van der Waals surface area (Å²) in [6.07, 6.45) is 0. The van der Waals surface area contributed by atoms with E-state index in [0.29, 0.717) is 0 Å². The zero-order valence-corrected chi connectivity index (χ0v) is 5.02. The third kappa shape index (κ3) is 2.92. The highest BCUT2D eigenvalue weighted by molar-refractivity contribution is 7.86. The molecular weight excluding hydrogens is 132 g/mol. The average molecular weight is 140 g/mol. The Hall–Kier alpha value is -0.170. The molecule has 0 radical (unpaired) electrons. The van der Waals surface area contributed by atoms with Crippen molar-refractivity contribution in [2.45, 2.75) is 0 Å². The van der Waals surface area contributed by atoms with Crippen molar-refractivity contribution in [1.82, 2.24) is 0 Å². The van der Waals surface area contributed by atoms with Crippen LogP contribution in [0.5, 0.6) is 0 Å². The van der Waals surface area contributed by atoms with Crippen LogP contribution >= 0.6 is 0 Å². The molecule has 0 aliphatic rings. The third-order valence-corrected chi connectivity index (χ3v) is 1.54. The lowest BCUT2D eigenvalue weighted by atomic mass is 10.8.